The second kappa shape index (κ2) is 5.09. The van der Waals surface area contributed by atoms with Crippen molar-refractivity contribution >= 4 is 11.5 Å². The smallest absolute Gasteiger partial charge is 0.197 e. The van der Waals surface area contributed by atoms with E-state index in [1.807, 2.05) is 24.6 Å². The summed E-state index contributed by atoms with van der Waals surface area (Å²) < 4.78 is 7.81. The van der Waals surface area contributed by atoms with Crippen LogP contribution >= 0.6 is 0 Å². The van der Waals surface area contributed by atoms with Crippen molar-refractivity contribution in [3.05, 3.63) is 17.5 Å². The summed E-state index contributed by atoms with van der Waals surface area (Å²) >= 11 is 0. The van der Waals surface area contributed by atoms with Gasteiger partial charge in [-0.05, 0) is 46.5 Å². The van der Waals surface area contributed by atoms with Crippen molar-refractivity contribution in [1.29, 1.82) is 0 Å². The fraction of sp³-hybridized carbons (Fsp3) is 0.647. The molecule has 2 aromatic heterocycles. The van der Waals surface area contributed by atoms with Gasteiger partial charge in [0.15, 0.2) is 17.2 Å². The average molecular weight is 316 g/mol. The number of aliphatic hydroxyl groups is 1. The van der Waals surface area contributed by atoms with Gasteiger partial charge < -0.3 is 15.2 Å². The van der Waals surface area contributed by atoms with Crippen molar-refractivity contribution < 1.29 is 9.84 Å². The monoisotopic (exact) mass is 316 g/mol. The molecule has 6 heteroatoms. The van der Waals surface area contributed by atoms with E-state index in [4.69, 9.17) is 9.84 Å². The maximum atomic E-state index is 10.1. The quantitative estimate of drug-likeness (QED) is 0.890. The van der Waals surface area contributed by atoms with E-state index < -0.39 is 5.60 Å². The summed E-state index contributed by atoms with van der Waals surface area (Å²) in [6, 6.07) is 0.352. The van der Waals surface area contributed by atoms with Gasteiger partial charge in [0.05, 0.1) is 17.5 Å². The highest BCUT2D eigenvalue weighted by molar-refractivity contribution is 5.67. The molecule has 124 valence electrons. The molecule has 4 rings (SSSR count). The molecule has 0 amide bonds. The number of nitrogens with one attached hydrogen (secondary N) is 1. The molecule has 2 N–H and O–H groups in total. The van der Waals surface area contributed by atoms with Gasteiger partial charge in [-0.25, -0.2) is 9.50 Å². The van der Waals surface area contributed by atoms with Crippen LogP contribution in [0, 0.1) is 6.92 Å². The molecule has 6 nitrogen and oxygen atoms in total. The zero-order valence-electron chi connectivity index (χ0n) is 14.0. The van der Waals surface area contributed by atoms with Gasteiger partial charge >= 0.3 is 0 Å². The van der Waals surface area contributed by atoms with Crippen LogP contribution in [0.4, 0.5) is 5.82 Å². The first-order valence-corrected chi connectivity index (χ1v) is 8.46. The van der Waals surface area contributed by atoms with E-state index in [-0.39, 0.29) is 6.10 Å². The Bertz CT molecular complexity index is 743. The lowest BCUT2D eigenvalue weighted by atomic mass is 9.83. The maximum Gasteiger partial charge on any atom is 0.197 e. The Morgan fingerprint density at radius 3 is 2.87 bits per heavy atom. The van der Waals surface area contributed by atoms with Gasteiger partial charge in [-0.15, -0.1) is 5.10 Å². The molecule has 1 aliphatic carbocycles. The van der Waals surface area contributed by atoms with E-state index in [0.717, 1.165) is 60.6 Å². The van der Waals surface area contributed by atoms with Crippen LogP contribution in [0.1, 0.15) is 50.8 Å². The standard InChI is InChI=1S/C17H24N4O2/c1-10-9-21-16(18-10)14-13(8-11(2)23-14)15(20-21)19-12-4-6-17(3,22)7-5-12/h9,11-12,22H,4-8H2,1-3H3,(H,19,20). The highest BCUT2D eigenvalue weighted by atomic mass is 16.5. The minimum atomic E-state index is -0.517. The minimum Gasteiger partial charge on any atom is -0.486 e. The molecule has 1 saturated carbocycles. The first-order chi connectivity index (χ1) is 10.9. The first kappa shape index (κ1) is 14.8. The zero-order valence-corrected chi connectivity index (χ0v) is 14.0. The highest BCUT2D eigenvalue weighted by Gasteiger charge is 2.32. The molecule has 1 fully saturated rings. The molecule has 1 unspecified atom stereocenters. The summed E-state index contributed by atoms with van der Waals surface area (Å²) in [4.78, 5) is 4.54. The predicted octanol–water partition coefficient (Wildman–Crippen LogP) is 2.47. The van der Waals surface area contributed by atoms with E-state index in [1.54, 1.807) is 0 Å². The number of rotatable bonds is 2. The second-order valence-electron chi connectivity index (χ2n) is 7.35. The number of hydrogen-bond acceptors (Lipinski definition) is 5. The van der Waals surface area contributed by atoms with Crippen molar-refractivity contribution in [2.24, 2.45) is 0 Å². The molecule has 2 aliphatic rings. The molecule has 23 heavy (non-hydrogen) atoms. The van der Waals surface area contributed by atoms with Gasteiger partial charge in [-0.3, -0.25) is 0 Å². The van der Waals surface area contributed by atoms with Crippen molar-refractivity contribution in [2.45, 2.75) is 70.6 Å². The fourth-order valence-corrected chi connectivity index (χ4v) is 3.66. The van der Waals surface area contributed by atoms with Crippen LogP contribution in [0.15, 0.2) is 6.20 Å². The molecule has 0 saturated heterocycles. The Kier molecular flexibility index (Phi) is 3.27. The molecule has 1 aliphatic heterocycles. The van der Waals surface area contributed by atoms with Crippen LogP contribution in [0.2, 0.25) is 0 Å². The Hall–Kier alpha value is -1.82. The van der Waals surface area contributed by atoms with Crippen molar-refractivity contribution in [1.82, 2.24) is 14.6 Å². The van der Waals surface area contributed by atoms with Gasteiger partial charge in [0.2, 0.25) is 0 Å². The molecule has 2 aromatic rings. The third-order valence-corrected chi connectivity index (χ3v) is 4.99. The summed E-state index contributed by atoms with van der Waals surface area (Å²) in [6.45, 7) is 5.97. The second-order valence-corrected chi connectivity index (χ2v) is 7.35. The summed E-state index contributed by atoms with van der Waals surface area (Å²) in [5.41, 5.74) is 2.36. The average Bonchev–Trinajstić information content (AvgIpc) is 3.03. The fourth-order valence-electron chi connectivity index (χ4n) is 3.66. The highest BCUT2D eigenvalue weighted by Crippen LogP contribution is 2.38. The van der Waals surface area contributed by atoms with Crippen molar-refractivity contribution in [2.75, 3.05) is 5.32 Å². The molecular formula is C17H24N4O2. The van der Waals surface area contributed by atoms with Crippen LogP contribution in [-0.4, -0.2) is 37.5 Å². The van der Waals surface area contributed by atoms with Crippen molar-refractivity contribution in [3.8, 4) is 5.75 Å². The van der Waals surface area contributed by atoms with E-state index in [2.05, 4.69) is 17.2 Å². The molecule has 1 atom stereocenters. The lowest BCUT2D eigenvalue weighted by Crippen LogP contribution is -2.36. The van der Waals surface area contributed by atoms with Crippen LogP contribution in [0.3, 0.4) is 0 Å². The lowest BCUT2D eigenvalue weighted by molar-refractivity contribution is 0.0196. The number of nitrogens with zero attached hydrogens (tertiary/aromatic N) is 3. The number of imidazole rings is 1. The molecule has 0 spiro atoms. The molecule has 0 aromatic carbocycles. The number of aromatic nitrogens is 3. The zero-order chi connectivity index (χ0) is 16.2. The summed E-state index contributed by atoms with van der Waals surface area (Å²) in [7, 11) is 0. The predicted molar refractivity (Wildman–Crippen MR) is 88.0 cm³/mol. The number of aryl methyl sites for hydroxylation is 1. The largest absolute Gasteiger partial charge is 0.486 e. The van der Waals surface area contributed by atoms with Gasteiger partial charge in [0.25, 0.3) is 0 Å². The molecular weight excluding hydrogens is 292 g/mol. The number of fused-ring (bicyclic) bond motifs is 3. The first-order valence-electron chi connectivity index (χ1n) is 8.46. The van der Waals surface area contributed by atoms with E-state index in [9.17, 15) is 5.11 Å². The topological polar surface area (TPSA) is 71.7 Å². The van der Waals surface area contributed by atoms with Crippen LogP contribution in [0.5, 0.6) is 5.75 Å². The minimum absolute atomic E-state index is 0.155. The normalized spacial score (nSPS) is 30.3. The summed E-state index contributed by atoms with van der Waals surface area (Å²) in [5.74, 6) is 1.77. The Morgan fingerprint density at radius 2 is 2.13 bits per heavy atom. The van der Waals surface area contributed by atoms with Gasteiger partial charge in [0.1, 0.15) is 6.10 Å². The Morgan fingerprint density at radius 1 is 1.39 bits per heavy atom. The summed E-state index contributed by atoms with van der Waals surface area (Å²) in [6.07, 6.45) is 6.51. The van der Waals surface area contributed by atoms with E-state index >= 15 is 0 Å². The Balaban J connectivity index is 1.66. The van der Waals surface area contributed by atoms with Crippen LogP contribution in [0.25, 0.3) is 5.65 Å². The van der Waals surface area contributed by atoms with Gasteiger partial charge in [-0.1, -0.05) is 0 Å². The van der Waals surface area contributed by atoms with E-state index in [0.29, 0.717) is 6.04 Å². The number of hydrogen-bond donors (Lipinski definition) is 2. The van der Waals surface area contributed by atoms with Crippen LogP contribution in [-0.2, 0) is 6.42 Å². The molecule has 0 radical (unpaired) electrons. The molecule has 3 heterocycles. The summed E-state index contributed by atoms with van der Waals surface area (Å²) in [5, 5.41) is 18.4. The SMILES string of the molecule is Cc1cn2nc(NC3CCC(C)(O)CC3)c3c(c2n1)OC(C)C3. The van der Waals surface area contributed by atoms with Gasteiger partial charge in [0, 0.05) is 18.0 Å². The third kappa shape index (κ3) is 2.65. The van der Waals surface area contributed by atoms with E-state index in [1.165, 1.54) is 0 Å². The molecule has 0 bridgehead atoms. The van der Waals surface area contributed by atoms with Crippen LogP contribution < -0.4 is 10.1 Å². The number of ether oxygens (including phenoxy) is 1. The van der Waals surface area contributed by atoms with Gasteiger partial charge in [-0.2, -0.15) is 0 Å². The maximum absolute atomic E-state index is 10.1. The lowest BCUT2D eigenvalue weighted by Gasteiger charge is -2.33. The van der Waals surface area contributed by atoms with Crippen molar-refractivity contribution in [3.63, 3.8) is 0 Å². The number of anilines is 1. The Labute approximate surface area is 135 Å². The third-order valence-electron chi connectivity index (χ3n) is 4.99.